The van der Waals surface area contributed by atoms with E-state index in [0.29, 0.717) is 18.1 Å². The zero-order valence-electron chi connectivity index (χ0n) is 14.6. The van der Waals surface area contributed by atoms with Crippen LogP contribution in [0.25, 0.3) is 0 Å². The molecule has 0 aliphatic rings. The Balaban J connectivity index is 1.81. The first kappa shape index (κ1) is 20.2. The van der Waals surface area contributed by atoms with Gasteiger partial charge in [-0.3, -0.25) is 4.79 Å². The van der Waals surface area contributed by atoms with Crippen molar-refractivity contribution < 1.29 is 27.4 Å². The number of rotatable bonds is 6. The summed E-state index contributed by atoms with van der Waals surface area (Å²) in [6.07, 6.45) is -4.47. The SMILES string of the molecule is CCOc1ccc(OCC(=O)NCC#Cc2ccccc2C(F)(F)F)cc1. The van der Waals surface area contributed by atoms with E-state index in [1.54, 1.807) is 24.3 Å². The number of alkyl halides is 3. The van der Waals surface area contributed by atoms with Crippen molar-refractivity contribution >= 4 is 5.91 Å². The normalized spacial score (nSPS) is 10.5. The third-order valence-electron chi connectivity index (χ3n) is 3.33. The lowest BCUT2D eigenvalue weighted by molar-refractivity contribution is -0.137. The molecule has 0 spiro atoms. The maximum Gasteiger partial charge on any atom is 0.417 e. The Morgan fingerprint density at radius 3 is 2.30 bits per heavy atom. The molecule has 0 bridgehead atoms. The van der Waals surface area contributed by atoms with E-state index in [9.17, 15) is 18.0 Å². The molecular formula is C20H18F3NO3. The fourth-order valence-corrected chi connectivity index (χ4v) is 2.12. The van der Waals surface area contributed by atoms with Gasteiger partial charge in [0, 0.05) is 5.56 Å². The van der Waals surface area contributed by atoms with Crippen molar-refractivity contribution in [2.24, 2.45) is 0 Å². The van der Waals surface area contributed by atoms with Crippen molar-refractivity contribution in [3.8, 4) is 23.3 Å². The number of hydrogen-bond acceptors (Lipinski definition) is 3. The van der Waals surface area contributed by atoms with E-state index < -0.39 is 17.6 Å². The lowest BCUT2D eigenvalue weighted by Gasteiger charge is -2.08. The van der Waals surface area contributed by atoms with E-state index in [-0.39, 0.29) is 18.7 Å². The van der Waals surface area contributed by atoms with Gasteiger partial charge in [0.15, 0.2) is 6.61 Å². The molecule has 142 valence electrons. The Bertz CT molecular complexity index is 821. The molecule has 0 radical (unpaired) electrons. The summed E-state index contributed by atoms with van der Waals surface area (Å²) in [6.45, 7) is 2.11. The minimum absolute atomic E-state index is 0.0857. The van der Waals surface area contributed by atoms with Crippen LogP contribution in [0.3, 0.4) is 0 Å². The molecule has 0 aliphatic carbocycles. The predicted octanol–water partition coefficient (Wildman–Crippen LogP) is 3.65. The highest BCUT2D eigenvalue weighted by atomic mass is 19.4. The molecule has 0 saturated heterocycles. The number of halogens is 3. The van der Waals surface area contributed by atoms with Gasteiger partial charge in [-0.25, -0.2) is 0 Å². The smallest absolute Gasteiger partial charge is 0.417 e. The Hall–Kier alpha value is -3.14. The van der Waals surface area contributed by atoms with E-state index in [4.69, 9.17) is 9.47 Å². The average Bonchev–Trinajstić information content (AvgIpc) is 2.64. The van der Waals surface area contributed by atoms with Crippen molar-refractivity contribution in [1.29, 1.82) is 0 Å². The van der Waals surface area contributed by atoms with Crippen LogP contribution in [0.15, 0.2) is 48.5 Å². The Morgan fingerprint density at radius 2 is 1.67 bits per heavy atom. The first-order chi connectivity index (χ1) is 12.9. The number of benzene rings is 2. The third-order valence-corrected chi connectivity index (χ3v) is 3.33. The van der Waals surface area contributed by atoms with Crippen LogP contribution >= 0.6 is 0 Å². The van der Waals surface area contributed by atoms with Gasteiger partial charge in [0.25, 0.3) is 5.91 Å². The standard InChI is InChI=1S/C20H18F3NO3/c1-2-26-16-9-11-17(12-10-16)27-14-19(25)24-13-5-7-15-6-3-4-8-18(15)20(21,22)23/h3-4,6,8-12H,2,13-14H2,1H3,(H,24,25). The van der Waals surface area contributed by atoms with E-state index in [1.807, 2.05) is 6.92 Å². The van der Waals surface area contributed by atoms with Gasteiger partial charge in [-0.15, -0.1) is 0 Å². The fourth-order valence-electron chi connectivity index (χ4n) is 2.12. The highest BCUT2D eigenvalue weighted by Gasteiger charge is 2.32. The molecule has 1 amide bonds. The van der Waals surface area contributed by atoms with Crippen molar-refractivity contribution in [3.05, 3.63) is 59.7 Å². The van der Waals surface area contributed by atoms with Crippen molar-refractivity contribution in [2.45, 2.75) is 13.1 Å². The van der Waals surface area contributed by atoms with Crippen LogP contribution in [0.1, 0.15) is 18.1 Å². The lowest BCUT2D eigenvalue weighted by Crippen LogP contribution is -2.29. The third kappa shape index (κ3) is 6.59. The largest absolute Gasteiger partial charge is 0.494 e. The van der Waals surface area contributed by atoms with Gasteiger partial charge >= 0.3 is 6.18 Å². The molecule has 2 aromatic carbocycles. The lowest BCUT2D eigenvalue weighted by atomic mass is 10.1. The minimum atomic E-state index is -4.47. The Labute approximate surface area is 155 Å². The highest BCUT2D eigenvalue weighted by molar-refractivity contribution is 5.77. The second-order valence-electron chi connectivity index (χ2n) is 5.31. The topological polar surface area (TPSA) is 47.6 Å². The molecule has 7 heteroatoms. The Kier molecular flexibility index (Phi) is 7.12. The van der Waals surface area contributed by atoms with Gasteiger partial charge in [0.1, 0.15) is 11.5 Å². The van der Waals surface area contributed by atoms with Gasteiger partial charge in [-0.1, -0.05) is 24.0 Å². The van der Waals surface area contributed by atoms with E-state index in [0.717, 1.165) is 6.07 Å². The summed E-state index contributed by atoms with van der Waals surface area (Å²) in [6, 6.07) is 11.8. The molecule has 0 unspecified atom stereocenters. The molecule has 0 aliphatic heterocycles. The second kappa shape index (κ2) is 9.53. The molecule has 0 heterocycles. The van der Waals surface area contributed by atoms with Gasteiger partial charge in [-0.05, 0) is 43.3 Å². The van der Waals surface area contributed by atoms with E-state index in [2.05, 4.69) is 17.2 Å². The van der Waals surface area contributed by atoms with Crippen molar-refractivity contribution in [3.63, 3.8) is 0 Å². The van der Waals surface area contributed by atoms with E-state index >= 15 is 0 Å². The van der Waals surface area contributed by atoms with Gasteiger partial charge in [-0.2, -0.15) is 13.2 Å². The summed E-state index contributed by atoms with van der Waals surface area (Å²) in [5.41, 5.74) is -0.937. The van der Waals surface area contributed by atoms with Crippen LogP contribution in [0, 0.1) is 11.8 Å². The van der Waals surface area contributed by atoms with Gasteiger partial charge < -0.3 is 14.8 Å². The van der Waals surface area contributed by atoms with Crippen LogP contribution in [0.4, 0.5) is 13.2 Å². The van der Waals surface area contributed by atoms with Crippen LogP contribution in [0.5, 0.6) is 11.5 Å². The average molecular weight is 377 g/mol. The molecule has 0 atom stereocenters. The molecule has 0 saturated carbocycles. The number of ether oxygens (including phenoxy) is 2. The number of hydrogen-bond donors (Lipinski definition) is 1. The summed E-state index contributed by atoms with van der Waals surface area (Å²) in [7, 11) is 0. The molecule has 0 aromatic heterocycles. The summed E-state index contributed by atoms with van der Waals surface area (Å²) < 4.78 is 49.2. The number of amides is 1. The molecule has 2 aromatic rings. The van der Waals surface area contributed by atoms with Gasteiger partial charge in [0.05, 0.1) is 18.7 Å². The first-order valence-electron chi connectivity index (χ1n) is 8.17. The maximum absolute atomic E-state index is 12.9. The summed E-state index contributed by atoms with van der Waals surface area (Å²) in [5.74, 6) is 5.71. The van der Waals surface area contributed by atoms with E-state index in [1.165, 1.54) is 18.2 Å². The molecule has 0 fully saturated rings. The minimum Gasteiger partial charge on any atom is -0.494 e. The van der Waals surface area contributed by atoms with Crippen molar-refractivity contribution in [2.75, 3.05) is 19.8 Å². The maximum atomic E-state index is 12.9. The molecule has 1 N–H and O–H groups in total. The summed E-state index contributed by atoms with van der Waals surface area (Å²) >= 11 is 0. The number of carbonyl (C=O) groups is 1. The zero-order valence-corrected chi connectivity index (χ0v) is 14.6. The number of nitrogens with one attached hydrogen (secondary N) is 1. The van der Waals surface area contributed by atoms with Crippen LogP contribution < -0.4 is 14.8 Å². The van der Waals surface area contributed by atoms with Crippen LogP contribution in [-0.2, 0) is 11.0 Å². The highest BCUT2D eigenvalue weighted by Crippen LogP contribution is 2.31. The molecular weight excluding hydrogens is 359 g/mol. The van der Waals surface area contributed by atoms with Crippen LogP contribution in [-0.4, -0.2) is 25.7 Å². The number of carbonyl (C=O) groups excluding carboxylic acids is 1. The predicted molar refractivity (Wildman–Crippen MR) is 94.4 cm³/mol. The summed E-state index contributed by atoms with van der Waals surface area (Å²) in [4.78, 5) is 11.7. The summed E-state index contributed by atoms with van der Waals surface area (Å²) in [5, 5.41) is 2.47. The van der Waals surface area contributed by atoms with Gasteiger partial charge in [0.2, 0.25) is 0 Å². The zero-order chi connectivity index (χ0) is 19.7. The quantitative estimate of drug-likeness (QED) is 0.782. The fraction of sp³-hybridized carbons (Fsp3) is 0.250. The first-order valence-corrected chi connectivity index (χ1v) is 8.17. The molecule has 2 rings (SSSR count). The Morgan fingerprint density at radius 1 is 1.04 bits per heavy atom. The van der Waals surface area contributed by atoms with Crippen molar-refractivity contribution in [1.82, 2.24) is 5.32 Å². The van der Waals surface area contributed by atoms with Crippen LogP contribution in [0.2, 0.25) is 0 Å². The second-order valence-corrected chi connectivity index (χ2v) is 5.31. The molecule has 27 heavy (non-hydrogen) atoms. The monoisotopic (exact) mass is 377 g/mol. The molecule has 4 nitrogen and oxygen atoms in total.